The molecule has 0 saturated carbocycles. The number of ether oxygens (including phenoxy) is 2. The molecule has 1 atom stereocenters. The number of alkyl halides is 1. The topological polar surface area (TPSA) is 38.7 Å². The van der Waals surface area contributed by atoms with Gasteiger partial charge in [-0.25, -0.2) is 0 Å². The van der Waals surface area contributed by atoms with E-state index >= 15 is 0 Å². The summed E-state index contributed by atoms with van der Waals surface area (Å²) in [5.74, 6) is 1.69. The van der Waals surface area contributed by atoms with E-state index in [9.17, 15) is 5.11 Å². The molecule has 154 valence electrons. The summed E-state index contributed by atoms with van der Waals surface area (Å²) in [4.78, 5) is 0. The zero-order valence-electron chi connectivity index (χ0n) is 16.9. The summed E-state index contributed by atoms with van der Waals surface area (Å²) in [6, 6.07) is 16.4. The Kier molecular flexibility index (Phi) is 11.1. The first-order valence-corrected chi connectivity index (χ1v) is 11.6. The monoisotopic (exact) mass is 448 g/mol. The maximum atomic E-state index is 9.73. The van der Waals surface area contributed by atoms with Crippen molar-refractivity contribution in [3.63, 3.8) is 0 Å². The second kappa shape index (κ2) is 13.6. The third-order valence-electron chi connectivity index (χ3n) is 4.75. The quantitative estimate of drug-likeness (QED) is 0.260. The van der Waals surface area contributed by atoms with Crippen molar-refractivity contribution >= 4 is 15.9 Å². The molecule has 3 nitrogen and oxygen atoms in total. The van der Waals surface area contributed by atoms with E-state index in [1.165, 1.54) is 19.3 Å². The van der Waals surface area contributed by atoms with Crippen LogP contribution in [0.25, 0.3) is 11.1 Å². The van der Waals surface area contributed by atoms with Crippen molar-refractivity contribution < 1.29 is 14.6 Å². The normalized spacial score (nSPS) is 12.0. The van der Waals surface area contributed by atoms with Crippen LogP contribution in [0.3, 0.4) is 0 Å². The van der Waals surface area contributed by atoms with Gasteiger partial charge in [0.05, 0.1) is 19.3 Å². The van der Waals surface area contributed by atoms with Crippen LogP contribution >= 0.6 is 15.9 Å². The maximum absolute atomic E-state index is 9.73. The Balaban J connectivity index is 1.98. The number of halogens is 1. The molecule has 0 aliphatic carbocycles. The highest BCUT2D eigenvalue weighted by molar-refractivity contribution is 9.09. The fourth-order valence-corrected chi connectivity index (χ4v) is 3.41. The van der Waals surface area contributed by atoms with Gasteiger partial charge in [-0.15, -0.1) is 0 Å². The molecular formula is C24H33BrO3. The van der Waals surface area contributed by atoms with Gasteiger partial charge in [0.2, 0.25) is 0 Å². The molecule has 1 unspecified atom stereocenters. The van der Waals surface area contributed by atoms with Crippen LogP contribution in [0.1, 0.15) is 51.9 Å². The van der Waals surface area contributed by atoms with Crippen molar-refractivity contribution in [1.82, 2.24) is 0 Å². The molecule has 2 aromatic rings. The molecular weight excluding hydrogens is 416 g/mol. The van der Waals surface area contributed by atoms with Gasteiger partial charge in [0.1, 0.15) is 11.5 Å². The summed E-state index contributed by atoms with van der Waals surface area (Å²) in [5, 5.41) is 10.8. The molecule has 0 aliphatic rings. The van der Waals surface area contributed by atoms with Crippen LogP contribution in [0.2, 0.25) is 0 Å². The first-order valence-electron chi connectivity index (χ1n) is 10.4. The van der Waals surface area contributed by atoms with Crippen LogP contribution in [0.5, 0.6) is 11.5 Å². The van der Waals surface area contributed by atoms with Gasteiger partial charge >= 0.3 is 0 Å². The third kappa shape index (κ3) is 8.24. The number of unbranched alkanes of at least 4 members (excludes halogenated alkanes) is 3. The standard InChI is InChI=1S/C24H33BrO3/c1-2-21(26)13-10-18-28-24-19-22(27-17-9-4-3-8-16-25)14-15-23(24)20-11-6-5-7-12-20/h5-7,11-12,14-15,19,21,26H,2-4,8-10,13,16-18H2,1H3. The minimum atomic E-state index is -0.239. The highest BCUT2D eigenvalue weighted by atomic mass is 79.9. The molecule has 2 aromatic carbocycles. The van der Waals surface area contributed by atoms with Crippen molar-refractivity contribution in [3.05, 3.63) is 48.5 Å². The Bertz CT molecular complexity index is 660. The maximum Gasteiger partial charge on any atom is 0.130 e. The van der Waals surface area contributed by atoms with Crippen LogP contribution in [0.4, 0.5) is 0 Å². The van der Waals surface area contributed by atoms with Gasteiger partial charge in [0, 0.05) is 17.0 Å². The molecule has 28 heavy (non-hydrogen) atoms. The lowest BCUT2D eigenvalue weighted by Crippen LogP contribution is -2.07. The zero-order chi connectivity index (χ0) is 20.0. The molecule has 0 heterocycles. The second-order valence-corrected chi connectivity index (χ2v) is 7.82. The Hall–Kier alpha value is -1.52. The van der Waals surface area contributed by atoms with Crippen LogP contribution in [-0.4, -0.2) is 29.8 Å². The molecule has 0 saturated heterocycles. The molecule has 4 heteroatoms. The van der Waals surface area contributed by atoms with E-state index in [0.29, 0.717) is 6.61 Å². The highest BCUT2D eigenvalue weighted by Crippen LogP contribution is 2.33. The number of aliphatic hydroxyl groups excluding tert-OH is 1. The average Bonchev–Trinajstić information content (AvgIpc) is 2.74. The Labute approximate surface area is 178 Å². The summed E-state index contributed by atoms with van der Waals surface area (Å²) in [6.45, 7) is 3.32. The lowest BCUT2D eigenvalue weighted by atomic mass is 10.0. The predicted molar refractivity (Wildman–Crippen MR) is 121 cm³/mol. The lowest BCUT2D eigenvalue weighted by Gasteiger charge is -2.15. The highest BCUT2D eigenvalue weighted by Gasteiger charge is 2.09. The second-order valence-electron chi connectivity index (χ2n) is 7.03. The van der Waals surface area contributed by atoms with Crippen molar-refractivity contribution in [3.8, 4) is 22.6 Å². The molecule has 2 rings (SSSR count). The summed E-state index contributed by atoms with van der Waals surface area (Å²) in [7, 11) is 0. The lowest BCUT2D eigenvalue weighted by molar-refractivity contribution is 0.149. The number of benzene rings is 2. The smallest absolute Gasteiger partial charge is 0.130 e. The first kappa shape index (κ1) is 22.8. The number of hydrogen-bond donors (Lipinski definition) is 1. The summed E-state index contributed by atoms with van der Waals surface area (Å²) in [6.07, 6.45) is 6.86. The fourth-order valence-electron chi connectivity index (χ4n) is 3.01. The van der Waals surface area contributed by atoms with Gasteiger partial charge in [-0.2, -0.15) is 0 Å². The van der Waals surface area contributed by atoms with E-state index < -0.39 is 0 Å². The SMILES string of the molecule is CCC(O)CCCOc1cc(OCCCCCCBr)ccc1-c1ccccc1. The van der Waals surface area contributed by atoms with Gasteiger partial charge in [-0.3, -0.25) is 0 Å². The van der Waals surface area contributed by atoms with Crippen molar-refractivity contribution in [1.29, 1.82) is 0 Å². The summed E-state index contributed by atoms with van der Waals surface area (Å²) < 4.78 is 12.0. The first-order chi connectivity index (χ1) is 13.7. The Morgan fingerprint density at radius 1 is 0.893 bits per heavy atom. The Morgan fingerprint density at radius 3 is 2.39 bits per heavy atom. The van der Waals surface area contributed by atoms with E-state index in [1.807, 2.05) is 37.3 Å². The fraction of sp³-hybridized carbons (Fsp3) is 0.500. The minimum Gasteiger partial charge on any atom is -0.493 e. The van der Waals surface area contributed by atoms with E-state index in [1.54, 1.807) is 0 Å². The molecule has 0 spiro atoms. The molecule has 0 radical (unpaired) electrons. The Morgan fingerprint density at radius 2 is 1.64 bits per heavy atom. The third-order valence-corrected chi connectivity index (χ3v) is 5.31. The largest absolute Gasteiger partial charge is 0.493 e. The van der Waals surface area contributed by atoms with Crippen LogP contribution in [0, 0.1) is 0 Å². The molecule has 0 aliphatic heterocycles. The molecule has 0 amide bonds. The number of hydrogen-bond acceptors (Lipinski definition) is 3. The van der Waals surface area contributed by atoms with Crippen LogP contribution < -0.4 is 9.47 Å². The van der Waals surface area contributed by atoms with Crippen molar-refractivity contribution in [2.24, 2.45) is 0 Å². The van der Waals surface area contributed by atoms with Crippen LogP contribution in [0.15, 0.2) is 48.5 Å². The molecule has 0 aromatic heterocycles. The van der Waals surface area contributed by atoms with Gasteiger partial charge in [-0.05, 0) is 49.8 Å². The average molecular weight is 449 g/mol. The number of aliphatic hydroxyl groups is 1. The van der Waals surface area contributed by atoms with E-state index in [4.69, 9.17) is 9.47 Å². The molecule has 0 fully saturated rings. The van der Waals surface area contributed by atoms with Crippen LogP contribution in [-0.2, 0) is 0 Å². The zero-order valence-corrected chi connectivity index (χ0v) is 18.5. The molecule has 0 bridgehead atoms. The van der Waals surface area contributed by atoms with Gasteiger partial charge in [-0.1, -0.05) is 66.0 Å². The predicted octanol–water partition coefficient (Wildman–Crippen LogP) is 6.62. The van der Waals surface area contributed by atoms with E-state index in [2.05, 4.69) is 34.1 Å². The van der Waals surface area contributed by atoms with E-state index in [0.717, 1.165) is 60.2 Å². The van der Waals surface area contributed by atoms with Crippen molar-refractivity contribution in [2.75, 3.05) is 18.5 Å². The van der Waals surface area contributed by atoms with Gasteiger partial charge < -0.3 is 14.6 Å². The minimum absolute atomic E-state index is 0.239. The summed E-state index contributed by atoms with van der Waals surface area (Å²) in [5.41, 5.74) is 2.20. The van der Waals surface area contributed by atoms with Gasteiger partial charge in [0.25, 0.3) is 0 Å². The van der Waals surface area contributed by atoms with Gasteiger partial charge in [0.15, 0.2) is 0 Å². The van der Waals surface area contributed by atoms with E-state index in [-0.39, 0.29) is 6.10 Å². The number of rotatable bonds is 14. The molecule has 1 N–H and O–H groups in total. The summed E-state index contributed by atoms with van der Waals surface area (Å²) >= 11 is 3.47. The van der Waals surface area contributed by atoms with Crippen molar-refractivity contribution in [2.45, 2.75) is 58.0 Å².